The zero-order chi connectivity index (χ0) is 10.8. The van der Waals surface area contributed by atoms with Gasteiger partial charge >= 0.3 is 0 Å². The van der Waals surface area contributed by atoms with Gasteiger partial charge < -0.3 is 10.4 Å². The molecular formula is C11H20N2O2. The van der Waals surface area contributed by atoms with Crippen molar-refractivity contribution < 1.29 is 9.90 Å². The molecule has 86 valence electrons. The first-order valence-electron chi connectivity index (χ1n) is 5.85. The lowest BCUT2D eigenvalue weighted by molar-refractivity contribution is -0.124. The maximum Gasteiger partial charge on any atom is 0.224 e. The van der Waals surface area contributed by atoms with Crippen LogP contribution < -0.4 is 5.32 Å². The molecule has 2 fully saturated rings. The Morgan fingerprint density at radius 2 is 2.47 bits per heavy atom. The van der Waals surface area contributed by atoms with Crippen LogP contribution in [0.4, 0.5) is 0 Å². The third-order valence-electron chi connectivity index (χ3n) is 3.57. The van der Waals surface area contributed by atoms with E-state index in [1.165, 1.54) is 0 Å². The van der Waals surface area contributed by atoms with E-state index in [-0.39, 0.29) is 18.4 Å². The van der Waals surface area contributed by atoms with Gasteiger partial charge in [-0.15, -0.1) is 0 Å². The highest BCUT2D eigenvalue weighted by Crippen LogP contribution is 2.27. The monoisotopic (exact) mass is 212 g/mol. The average Bonchev–Trinajstić information content (AvgIpc) is 2.62. The molecule has 2 rings (SSSR count). The number of nitrogens with one attached hydrogen (secondary N) is 1. The zero-order valence-corrected chi connectivity index (χ0v) is 9.28. The summed E-state index contributed by atoms with van der Waals surface area (Å²) in [7, 11) is 0. The summed E-state index contributed by atoms with van der Waals surface area (Å²) in [5.74, 6) is 0.727. The van der Waals surface area contributed by atoms with Crippen LogP contribution >= 0.6 is 0 Å². The number of rotatable bonds is 3. The first-order chi connectivity index (χ1) is 7.22. The molecule has 0 aromatic heterocycles. The minimum absolute atomic E-state index is 0.199. The fourth-order valence-electron chi connectivity index (χ4n) is 2.73. The lowest BCUT2D eigenvalue weighted by Gasteiger charge is -2.37. The number of nitrogens with zero attached hydrogens (tertiary/aromatic N) is 1. The number of aliphatic hydroxyl groups excluding tert-OH is 1. The van der Waals surface area contributed by atoms with Crippen LogP contribution in [0.2, 0.25) is 0 Å². The molecule has 0 aromatic rings. The van der Waals surface area contributed by atoms with E-state index in [2.05, 4.69) is 10.2 Å². The standard InChI is InChI=1S/C11H20N2O2/c1-8(7-14)6-13-4-2-3-9-10(13)5-12-11(9)15/h8-10,14H,2-7H2,1H3,(H,12,15). The Balaban J connectivity index is 1.97. The Hall–Kier alpha value is -0.610. The molecular weight excluding hydrogens is 192 g/mol. The van der Waals surface area contributed by atoms with E-state index in [0.29, 0.717) is 12.0 Å². The Morgan fingerprint density at radius 1 is 1.67 bits per heavy atom. The van der Waals surface area contributed by atoms with E-state index in [1.54, 1.807) is 0 Å². The predicted octanol–water partition coefficient (Wildman–Crippen LogP) is -0.175. The van der Waals surface area contributed by atoms with Crippen molar-refractivity contribution in [2.75, 3.05) is 26.2 Å². The fourth-order valence-corrected chi connectivity index (χ4v) is 2.73. The Morgan fingerprint density at radius 3 is 3.20 bits per heavy atom. The highest BCUT2D eigenvalue weighted by Gasteiger charge is 2.40. The SMILES string of the molecule is CC(CO)CN1CCCC2C(=O)NCC21. The number of hydrogen-bond donors (Lipinski definition) is 2. The molecule has 0 aliphatic carbocycles. The van der Waals surface area contributed by atoms with E-state index >= 15 is 0 Å². The van der Waals surface area contributed by atoms with E-state index in [4.69, 9.17) is 5.11 Å². The van der Waals surface area contributed by atoms with Crippen molar-refractivity contribution in [3.8, 4) is 0 Å². The number of amides is 1. The summed E-state index contributed by atoms with van der Waals surface area (Å²) in [4.78, 5) is 13.9. The number of fused-ring (bicyclic) bond motifs is 1. The van der Waals surface area contributed by atoms with Crippen LogP contribution in [-0.4, -0.2) is 48.2 Å². The molecule has 2 heterocycles. The van der Waals surface area contributed by atoms with Crippen LogP contribution in [0.5, 0.6) is 0 Å². The van der Waals surface area contributed by atoms with Gasteiger partial charge in [0.05, 0.1) is 5.92 Å². The van der Waals surface area contributed by atoms with Gasteiger partial charge in [0.15, 0.2) is 0 Å². The summed E-state index contributed by atoms with van der Waals surface area (Å²) in [5.41, 5.74) is 0. The second-order valence-electron chi connectivity index (χ2n) is 4.84. The third kappa shape index (κ3) is 2.16. The van der Waals surface area contributed by atoms with E-state index in [0.717, 1.165) is 32.5 Å². The van der Waals surface area contributed by atoms with E-state index in [1.807, 2.05) is 6.92 Å². The van der Waals surface area contributed by atoms with Gasteiger partial charge in [0, 0.05) is 25.7 Å². The van der Waals surface area contributed by atoms with Crippen molar-refractivity contribution in [2.24, 2.45) is 11.8 Å². The second kappa shape index (κ2) is 4.49. The van der Waals surface area contributed by atoms with Gasteiger partial charge in [-0.2, -0.15) is 0 Å². The normalized spacial score (nSPS) is 33.6. The molecule has 2 N–H and O–H groups in total. The first kappa shape index (κ1) is 10.9. The van der Waals surface area contributed by atoms with Crippen molar-refractivity contribution >= 4 is 5.91 Å². The van der Waals surface area contributed by atoms with E-state index in [9.17, 15) is 4.79 Å². The second-order valence-corrected chi connectivity index (χ2v) is 4.84. The largest absolute Gasteiger partial charge is 0.396 e. The summed E-state index contributed by atoms with van der Waals surface area (Å²) >= 11 is 0. The van der Waals surface area contributed by atoms with Crippen LogP contribution in [0.3, 0.4) is 0 Å². The van der Waals surface area contributed by atoms with Crippen molar-refractivity contribution in [1.82, 2.24) is 10.2 Å². The summed E-state index contributed by atoms with van der Waals surface area (Å²) in [5, 5.41) is 12.0. The molecule has 3 atom stereocenters. The van der Waals surface area contributed by atoms with E-state index < -0.39 is 0 Å². The lowest BCUT2D eigenvalue weighted by Crippen LogP contribution is -2.47. The van der Waals surface area contributed by atoms with Gasteiger partial charge in [0.1, 0.15) is 0 Å². The number of aliphatic hydroxyl groups is 1. The van der Waals surface area contributed by atoms with Gasteiger partial charge in [0.2, 0.25) is 5.91 Å². The molecule has 0 aromatic carbocycles. The molecule has 0 saturated carbocycles. The molecule has 0 radical (unpaired) electrons. The third-order valence-corrected chi connectivity index (χ3v) is 3.57. The van der Waals surface area contributed by atoms with Crippen LogP contribution in [0.1, 0.15) is 19.8 Å². The van der Waals surface area contributed by atoms with Crippen molar-refractivity contribution in [3.05, 3.63) is 0 Å². The number of carbonyl (C=O) groups is 1. The highest BCUT2D eigenvalue weighted by molar-refractivity contribution is 5.82. The Labute approximate surface area is 90.6 Å². The van der Waals surface area contributed by atoms with Crippen LogP contribution in [0.15, 0.2) is 0 Å². The minimum atomic E-state index is 0.199. The lowest BCUT2D eigenvalue weighted by atomic mass is 9.91. The summed E-state index contributed by atoms with van der Waals surface area (Å²) in [6.45, 7) is 5.05. The average molecular weight is 212 g/mol. The quantitative estimate of drug-likeness (QED) is 0.682. The number of piperidine rings is 1. The van der Waals surface area contributed by atoms with Gasteiger partial charge in [-0.1, -0.05) is 6.92 Å². The molecule has 15 heavy (non-hydrogen) atoms. The Kier molecular flexibility index (Phi) is 3.26. The number of hydrogen-bond acceptors (Lipinski definition) is 3. The molecule has 2 aliphatic heterocycles. The maximum absolute atomic E-state index is 11.5. The molecule has 0 bridgehead atoms. The molecule has 4 heteroatoms. The predicted molar refractivity (Wildman–Crippen MR) is 57.3 cm³/mol. The fraction of sp³-hybridized carbons (Fsp3) is 0.909. The van der Waals surface area contributed by atoms with Gasteiger partial charge in [-0.05, 0) is 25.3 Å². The van der Waals surface area contributed by atoms with Crippen molar-refractivity contribution in [1.29, 1.82) is 0 Å². The molecule has 2 aliphatic rings. The molecule has 1 amide bonds. The van der Waals surface area contributed by atoms with Crippen molar-refractivity contribution in [2.45, 2.75) is 25.8 Å². The minimum Gasteiger partial charge on any atom is -0.396 e. The topological polar surface area (TPSA) is 52.6 Å². The highest BCUT2D eigenvalue weighted by atomic mass is 16.3. The van der Waals surface area contributed by atoms with Crippen LogP contribution in [0, 0.1) is 11.8 Å². The summed E-state index contributed by atoms with van der Waals surface area (Å²) in [6, 6.07) is 0.375. The van der Waals surface area contributed by atoms with Crippen molar-refractivity contribution in [3.63, 3.8) is 0 Å². The van der Waals surface area contributed by atoms with Crippen LogP contribution in [0.25, 0.3) is 0 Å². The molecule has 2 saturated heterocycles. The number of carbonyl (C=O) groups excluding carboxylic acids is 1. The molecule has 3 unspecified atom stereocenters. The smallest absolute Gasteiger partial charge is 0.224 e. The zero-order valence-electron chi connectivity index (χ0n) is 9.28. The summed E-state index contributed by atoms with van der Waals surface area (Å²) < 4.78 is 0. The Bertz CT molecular complexity index is 245. The van der Waals surface area contributed by atoms with Gasteiger partial charge in [0.25, 0.3) is 0 Å². The summed E-state index contributed by atoms with van der Waals surface area (Å²) in [6.07, 6.45) is 2.13. The number of likely N-dealkylation sites (tertiary alicyclic amines) is 1. The molecule has 4 nitrogen and oxygen atoms in total. The van der Waals surface area contributed by atoms with Gasteiger partial charge in [-0.3, -0.25) is 9.69 Å². The maximum atomic E-state index is 11.5. The first-order valence-corrected chi connectivity index (χ1v) is 5.85. The van der Waals surface area contributed by atoms with Crippen LogP contribution in [-0.2, 0) is 4.79 Å². The molecule has 0 spiro atoms. The van der Waals surface area contributed by atoms with Gasteiger partial charge in [-0.25, -0.2) is 0 Å².